The number of amides is 1. The Balaban J connectivity index is 4.44. The molecule has 0 aliphatic carbocycles. The second-order valence-corrected chi connectivity index (χ2v) is 9.54. The van der Waals surface area contributed by atoms with Gasteiger partial charge in [0.15, 0.2) is 0 Å². The van der Waals surface area contributed by atoms with Crippen molar-refractivity contribution in [2.45, 2.75) is 149 Å². The molecule has 0 fully saturated rings. The van der Waals surface area contributed by atoms with Crippen LogP contribution >= 0.6 is 0 Å². The molecule has 0 saturated heterocycles. The van der Waals surface area contributed by atoms with Gasteiger partial charge < -0.3 is 14.8 Å². The normalized spacial score (nSPS) is 12.6. The zero-order chi connectivity index (χ0) is 22.8. The predicted molar refractivity (Wildman–Crippen MR) is 125 cm³/mol. The molecule has 0 aliphatic rings. The summed E-state index contributed by atoms with van der Waals surface area (Å²) in [6.07, 6.45) is 15.9. The van der Waals surface area contributed by atoms with Crippen LogP contribution in [-0.2, 0) is 14.3 Å². The Morgan fingerprint density at radius 3 is 1.63 bits per heavy atom. The molecule has 178 valence electrons. The highest BCUT2D eigenvalue weighted by atomic mass is 16.6. The second-order valence-electron chi connectivity index (χ2n) is 9.54. The van der Waals surface area contributed by atoms with Crippen LogP contribution < -0.4 is 5.32 Å². The van der Waals surface area contributed by atoms with Crippen LogP contribution in [0.5, 0.6) is 0 Å². The van der Waals surface area contributed by atoms with Crippen LogP contribution in [0, 0.1) is 0 Å². The molecule has 0 spiro atoms. The zero-order valence-electron chi connectivity index (χ0n) is 20.7. The number of alkyl carbamates (subject to hydrolysis) is 1. The minimum Gasteiger partial charge on any atom is -0.461 e. The molecule has 1 N–H and O–H groups in total. The second kappa shape index (κ2) is 17.4. The maximum absolute atomic E-state index is 12.5. The Labute approximate surface area is 186 Å². The van der Waals surface area contributed by atoms with Crippen LogP contribution in [0.3, 0.4) is 0 Å². The van der Waals surface area contributed by atoms with Gasteiger partial charge >= 0.3 is 12.1 Å². The number of ether oxygens (including phenoxy) is 2. The van der Waals surface area contributed by atoms with E-state index in [1.54, 1.807) is 27.7 Å². The Hall–Kier alpha value is -1.26. The molecule has 0 bridgehead atoms. The average Bonchev–Trinajstić information content (AvgIpc) is 2.65. The highest BCUT2D eigenvalue weighted by Gasteiger charge is 2.24. The number of unbranched alkanes of at least 4 members (excludes halogenated alkanes) is 10. The number of esters is 1. The molecule has 5 nitrogen and oxygen atoms in total. The molecule has 0 heterocycles. The summed E-state index contributed by atoms with van der Waals surface area (Å²) in [6.45, 7) is 11.5. The Morgan fingerprint density at radius 2 is 1.20 bits per heavy atom. The molecule has 1 atom stereocenters. The number of nitrogens with one attached hydrogen (secondary N) is 1. The lowest BCUT2D eigenvalue weighted by Crippen LogP contribution is -2.43. The smallest absolute Gasteiger partial charge is 0.408 e. The van der Waals surface area contributed by atoms with Gasteiger partial charge in [-0.1, -0.05) is 78.1 Å². The highest BCUT2D eigenvalue weighted by Crippen LogP contribution is 2.17. The summed E-state index contributed by atoms with van der Waals surface area (Å²) in [4.78, 5) is 24.4. The van der Waals surface area contributed by atoms with E-state index in [-0.39, 0.29) is 12.1 Å². The first-order valence-electron chi connectivity index (χ1n) is 12.4. The molecular formula is C25H49NO4. The Kier molecular flexibility index (Phi) is 16.7. The first kappa shape index (κ1) is 28.7. The predicted octanol–water partition coefficient (Wildman–Crippen LogP) is 7.31. The standard InChI is InChI=1S/C25H49NO4/c1-7-9-11-13-15-17-19-22(20-18-16-14-12-10-8-2)29-23(27)21(3)26-24(28)30-25(4,5)6/h21-22H,7-20H2,1-6H3,(H,26,28)/t21-/m0/s1. The van der Waals surface area contributed by atoms with E-state index in [1.165, 1.54) is 64.2 Å². The van der Waals surface area contributed by atoms with Crippen LogP contribution in [0.1, 0.15) is 131 Å². The topological polar surface area (TPSA) is 64.6 Å². The van der Waals surface area contributed by atoms with Gasteiger partial charge in [-0.25, -0.2) is 9.59 Å². The van der Waals surface area contributed by atoms with E-state index in [2.05, 4.69) is 19.2 Å². The summed E-state index contributed by atoms with van der Waals surface area (Å²) in [6, 6.07) is -0.712. The van der Waals surface area contributed by atoms with Crippen LogP contribution in [0.4, 0.5) is 4.79 Å². The van der Waals surface area contributed by atoms with Gasteiger partial charge in [-0.2, -0.15) is 0 Å². The largest absolute Gasteiger partial charge is 0.461 e. The van der Waals surface area contributed by atoms with Gasteiger partial charge in [0.05, 0.1) is 0 Å². The van der Waals surface area contributed by atoms with E-state index in [1.807, 2.05) is 0 Å². The fourth-order valence-electron chi connectivity index (χ4n) is 3.38. The molecule has 0 aromatic carbocycles. The molecule has 0 aromatic rings. The summed E-state index contributed by atoms with van der Waals surface area (Å²) >= 11 is 0. The van der Waals surface area contributed by atoms with E-state index in [9.17, 15) is 9.59 Å². The molecule has 0 aliphatic heterocycles. The van der Waals surface area contributed by atoms with Gasteiger partial charge in [0.25, 0.3) is 0 Å². The number of hydrogen-bond donors (Lipinski definition) is 1. The minimum atomic E-state index is -0.712. The van der Waals surface area contributed by atoms with Crippen LogP contribution in [0.15, 0.2) is 0 Å². The van der Waals surface area contributed by atoms with Gasteiger partial charge in [0, 0.05) is 0 Å². The fourth-order valence-corrected chi connectivity index (χ4v) is 3.38. The van der Waals surface area contributed by atoms with Gasteiger partial charge in [0.2, 0.25) is 0 Å². The summed E-state index contributed by atoms with van der Waals surface area (Å²) in [7, 11) is 0. The van der Waals surface area contributed by atoms with Gasteiger partial charge in [-0.3, -0.25) is 0 Å². The molecule has 1 amide bonds. The van der Waals surface area contributed by atoms with E-state index in [0.717, 1.165) is 25.7 Å². The van der Waals surface area contributed by atoms with Crippen LogP contribution in [-0.4, -0.2) is 29.8 Å². The first-order valence-corrected chi connectivity index (χ1v) is 12.4. The van der Waals surface area contributed by atoms with Crippen molar-refractivity contribution in [2.75, 3.05) is 0 Å². The number of carbonyl (C=O) groups excluding carboxylic acids is 2. The van der Waals surface area contributed by atoms with Crippen molar-refractivity contribution in [3.63, 3.8) is 0 Å². The SMILES string of the molecule is CCCCCCCCC(CCCCCCCC)OC(=O)[C@H](C)NC(=O)OC(C)(C)C. The number of carbonyl (C=O) groups is 2. The Morgan fingerprint density at radius 1 is 0.767 bits per heavy atom. The van der Waals surface area contributed by atoms with E-state index >= 15 is 0 Å². The number of hydrogen-bond acceptors (Lipinski definition) is 4. The lowest BCUT2D eigenvalue weighted by atomic mass is 10.0. The summed E-state index contributed by atoms with van der Waals surface area (Å²) < 4.78 is 11.0. The first-order chi connectivity index (χ1) is 14.2. The summed E-state index contributed by atoms with van der Waals surface area (Å²) in [5.41, 5.74) is -0.591. The van der Waals surface area contributed by atoms with Crippen molar-refractivity contribution in [3.05, 3.63) is 0 Å². The fraction of sp³-hybridized carbons (Fsp3) is 0.920. The van der Waals surface area contributed by atoms with Crippen molar-refractivity contribution >= 4 is 12.1 Å². The van der Waals surface area contributed by atoms with Crippen molar-refractivity contribution in [1.29, 1.82) is 0 Å². The molecule has 5 heteroatoms. The molecule has 0 saturated carbocycles. The average molecular weight is 428 g/mol. The zero-order valence-corrected chi connectivity index (χ0v) is 20.7. The van der Waals surface area contributed by atoms with Crippen molar-refractivity contribution in [1.82, 2.24) is 5.32 Å². The number of rotatable bonds is 17. The monoisotopic (exact) mass is 427 g/mol. The lowest BCUT2D eigenvalue weighted by Gasteiger charge is -2.23. The molecular weight excluding hydrogens is 378 g/mol. The summed E-state index contributed by atoms with van der Waals surface area (Å²) in [5, 5.41) is 2.59. The molecule has 30 heavy (non-hydrogen) atoms. The van der Waals surface area contributed by atoms with Crippen molar-refractivity contribution in [3.8, 4) is 0 Å². The highest BCUT2D eigenvalue weighted by molar-refractivity contribution is 5.81. The molecule has 0 unspecified atom stereocenters. The van der Waals surface area contributed by atoms with E-state index in [4.69, 9.17) is 9.47 Å². The van der Waals surface area contributed by atoms with Crippen LogP contribution in [0.2, 0.25) is 0 Å². The minimum absolute atomic E-state index is 0.0577. The van der Waals surface area contributed by atoms with Gasteiger partial charge in [-0.05, 0) is 53.4 Å². The third-order valence-corrected chi connectivity index (χ3v) is 5.13. The maximum Gasteiger partial charge on any atom is 0.408 e. The third kappa shape index (κ3) is 17.6. The molecule has 0 aromatic heterocycles. The third-order valence-electron chi connectivity index (χ3n) is 5.13. The van der Waals surface area contributed by atoms with Crippen molar-refractivity contribution < 1.29 is 19.1 Å². The van der Waals surface area contributed by atoms with Gasteiger partial charge in [-0.15, -0.1) is 0 Å². The van der Waals surface area contributed by atoms with Gasteiger partial charge in [0.1, 0.15) is 17.7 Å². The molecule has 0 radical (unpaired) electrons. The molecule has 0 rings (SSSR count). The van der Waals surface area contributed by atoms with Crippen molar-refractivity contribution in [2.24, 2.45) is 0 Å². The van der Waals surface area contributed by atoms with E-state index in [0.29, 0.717) is 0 Å². The lowest BCUT2D eigenvalue weighted by molar-refractivity contribution is -0.152. The quantitative estimate of drug-likeness (QED) is 0.195. The van der Waals surface area contributed by atoms with Crippen LogP contribution in [0.25, 0.3) is 0 Å². The summed E-state index contributed by atoms with van der Waals surface area (Å²) in [5.74, 6) is -0.372. The van der Waals surface area contributed by atoms with E-state index < -0.39 is 17.7 Å². The maximum atomic E-state index is 12.5. The Bertz CT molecular complexity index is 429.